The van der Waals surface area contributed by atoms with Gasteiger partial charge in [-0.25, -0.2) is 0 Å². The minimum absolute atomic E-state index is 0.108. The largest absolute Gasteiger partial charge is 0.487 e. The molecule has 5 heteroatoms. The van der Waals surface area contributed by atoms with Crippen LogP contribution < -0.4 is 10.5 Å². The number of nitrogens with two attached hydrogens (primary N) is 1. The summed E-state index contributed by atoms with van der Waals surface area (Å²) in [4.78, 5) is 0. The van der Waals surface area contributed by atoms with E-state index in [2.05, 4.69) is 20.8 Å². The summed E-state index contributed by atoms with van der Waals surface area (Å²) in [6.07, 6.45) is -0.174. The van der Waals surface area contributed by atoms with E-state index >= 15 is 0 Å². The fourth-order valence-corrected chi connectivity index (χ4v) is 2.39. The van der Waals surface area contributed by atoms with Crippen molar-refractivity contribution in [1.29, 1.82) is 0 Å². The third-order valence-electron chi connectivity index (χ3n) is 2.56. The van der Waals surface area contributed by atoms with Crippen LogP contribution >= 0.6 is 34.8 Å². The van der Waals surface area contributed by atoms with Crippen LogP contribution in [0.25, 0.3) is 0 Å². The van der Waals surface area contributed by atoms with E-state index in [1.165, 1.54) is 0 Å². The van der Waals surface area contributed by atoms with Crippen molar-refractivity contribution >= 4 is 34.8 Å². The number of hydrogen-bond acceptors (Lipinski definition) is 2. The van der Waals surface area contributed by atoms with Crippen LogP contribution in [0.15, 0.2) is 12.1 Å². The molecule has 0 spiro atoms. The number of rotatable bonds is 3. The van der Waals surface area contributed by atoms with Crippen molar-refractivity contribution < 1.29 is 4.74 Å². The maximum atomic E-state index is 6.09. The van der Waals surface area contributed by atoms with Crippen molar-refractivity contribution in [3.8, 4) is 5.75 Å². The summed E-state index contributed by atoms with van der Waals surface area (Å²) < 4.78 is 5.91. The SMILES string of the molecule is CC(N)C(Oc1cc(Cl)c(Cl)cc1Cl)C(C)(C)C. The van der Waals surface area contributed by atoms with Crippen molar-refractivity contribution in [2.24, 2.45) is 11.1 Å². The van der Waals surface area contributed by atoms with Gasteiger partial charge in [0.25, 0.3) is 0 Å². The van der Waals surface area contributed by atoms with E-state index < -0.39 is 0 Å². The Hall–Kier alpha value is -0.150. The Morgan fingerprint density at radius 3 is 2.00 bits per heavy atom. The van der Waals surface area contributed by atoms with Gasteiger partial charge in [-0.1, -0.05) is 55.6 Å². The molecule has 2 atom stereocenters. The summed E-state index contributed by atoms with van der Waals surface area (Å²) in [5, 5.41) is 1.25. The molecule has 2 N–H and O–H groups in total. The molecule has 18 heavy (non-hydrogen) atoms. The normalized spacial score (nSPS) is 15.3. The van der Waals surface area contributed by atoms with Gasteiger partial charge in [0, 0.05) is 17.5 Å². The van der Waals surface area contributed by atoms with Gasteiger partial charge in [-0.15, -0.1) is 0 Å². The predicted octanol–water partition coefficient (Wildman–Crippen LogP) is 4.79. The van der Waals surface area contributed by atoms with E-state index in [0.717, 1.165) is 0 Å². The lowest BCUT2D eigenvalue weighted by Gasteiger charge is -2.34. The fraction of sp³-hybridized carbons (Fsp3) is 0.538. The Labute approximate surface area is 123 Å². The molecule has 0 aliphatic carbocycles. The van der Waals surface area contributed by atoms with Crippen molar-refractivity contribution in [2.45, 2.75) is 39.8 Å². The molecule has 0 aliphatic rings. The fourth-order valence-electron chi connectivity index (χ4n) is 1.80. The van der Waals surface area contributed by atoms with Crippen molar-refractivity contribution in [3.05, 3.63) is 27.2 Å². The van der Waals surface area contributed by atoms with Crippen molar-refractivity contribution in [3.63, 3.8) is 0 Å². The summed E-state index contributed by atoms with van der Waals surface area (Å²) >= 11 is 17.9. The van der Waals surface area contributed by atoms with Gasteiger partial charge in [0.15, 0.2) is 0 Å². The molecule has 0 saturated heterocycles. The Morgan fingerprint density at radius 1 is 1.06 bits per heavy atom. The van der Waals surface area contributed by atoms with Crippen LogP contribution in [0.2, 0.25) is 15.1 Å². The summed E-state index contributed by atoms with van der Waals surface area (Å²) in [5.41, 5.74) is 5.85. The molecular weight excluding hydrogens is 293 g/mol. The molecular formula is C13H18Cl3NO. The first-order chi connectivity index (χ1) is 8.12. The predicted molar refractivity (Wildman–Crippen MR) is 79.0 cm³/mol. The molecule has 0 saturated carbocycles. The van der Waals surface area contributed by atoms with Crippen LogP contribution in [0, 0.1) is 5.41 Å². The standard InChI is InChI=1S/C13H18Cl3NO/c1-7(17)12(13(2,3)4)18-11-6-9(15)8(14)5-10(11)16/h5-7,12H,17H2,1-4H3. The Balaban J connectivity index is 3.05. The number of hydrogen-bond donors (Lipinski definition) is 1. The van der Waals surface area contributed by atoms with E-state index in [-0.39, 0.29) is 17.6 Å². The van der Waals surface area contributed by atoms with Crippen LogP contribution in [0.1, 0.15) is 27.7 Å². The van der Waals surface area contributed by atoms with Crippen LogP contribution in [0.5, 0.6) is 5.75 Å². The van der Waals surface area contributed by atoms with Gasteiger partial charge >= 0.3 is 0 Å². The highest BCUT2D eigenvalue weighted by atomic mass is 35.5. The lowest BCUT2D eigenvalue weighted by Crippen LogP contribution is -2.45. The first-order valence-electron chi connectivity index (χ1n) is 5.69. The van der Waals surface area contributed by atoms with Crippen LogP contribution in [0.3, 0.4) is 0 Å². The number of halogens is 3. The third-order valence-corrected chi connectivity index (χ3v) is 3.58. The first kappa shape index (κ1) is 15.9. The second kappa shape index (κ2) is 5.87. The van der Waals surface area contributed by atoms with Gasteiger partial charge in [0.1, 0.15) is 11.9 Å². The topological polar surface area (TPSA) is 35.2 Å². The molecule has 0 aromatic heterocycles. The number of benzene rings is 1. The van der Waals surface area contributed by atoms with E-state index in [9.17, 15) is 0 Å². The molecule has 1 aromatic rings. The van der Waals surface area contributed by atoms with Gasteiger partial charge in [-0.05, 0) is 13.0 Å². The summed E-state index contributed by atoms with van der Waals surface area (Å²) in [5.74, 6) is 0.503. The quantitative estimate of drug-likeness (QED) is 0.815. The average molecular weight is 311 g/mol. The molecule has 102 valence electrons. The zero-order valence-corrected chi connectivity index (χ0v) is 13.2. The Kier molecular flexibility index (Phi) is 5.19. The highest BCUT2D eigenvalue weighted by Gasteiger charge is 2.30. The van der Waals surface area contributed by atoms with E-state index in [4.69, 9.17) is 45.3 Å². The van der Waals surface area contributed by atoms with Crippen molar-refractivity contribution in [2.75, 3.05) is 0 Å². The number of ether oxygens (including phenoxy) is 1. The highest BCUT2D eigenvalue weighted by molar-refractivity contribution is 6.43. The highest BCUT2D eigenvalue weighted by Crippen LogP contribution is 2.36. The molecule has 0 bridgehead atoms. The van der Waals surface area contributed by atoms with Crippen molar-refractivity contribution in [1.82, 2.24) is 0 Å². The molecule has 1 rings (SSSR count). The van der Waals surface area contributed by atoms with Gasteiger partial charge < -0.3 is 10.5 Å². The lowest BCUT2D eigenvalue weighted by molar-refractivity contribution is 0.0685. The van der Waals surface area contributed by atoms with Gasteiger partial charge in [-0.2, -0.15) is 0 Å². The van der Waals surface area contributed by atoms with Gasteiger partial charge in [0.2, 0.25) is 0 Å². The monoisotopic (exact) mass is 309 g/mol. The molecule has 2 nitrogen and oxygen atoms in total. The average Bonchev–Trinajstić information content (AvgIpc) is 2.19. The Bertz CT molecular complexity index is 427. The molecule has 0 heterocycles. The zero-order valence-electron chi connectivity index (χ0n) is 10.9. The molecule has 0 aliphatic heterocycles. The van der Waals surface area contributed by atoms with Crippen LogP contribution in [-0.4, -0.2) is 12.1 Å². The Morgan fingerprint density at radius 2 is 1.56 bits per heavy atom. The van der Waals surface area contributed by atoms with Gasteiger partial charge in [-0.3, -0.25) is 0 Å². The minimum atomic E-state index is -0.174. The van der Waals surface area contributed by atoms with Crippen LogP contribution in [-0.2, 0) is 0 Å². The maximum Gasteiger partial charge on any atom is 0.140 e. The second-order valence-corrected chi connectivity index (χ2v) is 6.68. The molecule has 0 radical (unpaired) electrons. The molecule has 2 unspecified atom stereocenters. The second-order valence-electron chi connectivity index (χ2n) is 5.46. The lowest BCUT2D eigenvalue weighted by atomic mass is 9.85. The van der Waals surface area contributed by atoms with E-state index in [0.29, 0.717) is 20.8 Å². The third kappa shape index (κ3) is 3.92. The first-order valence-corrected chi connectivity index (χ1v) is 6.83. The molecule has 0 fully saturated rings. The molecule has 1 aromatic carbocycles. The summed E-state index contributed by atoms with van der Waals surface area (Å²) in [7, 11) is 0. The summed E-state index contributed by atoms with van der Waals surface area (Å²) in [6, 6.07) is 3.06. The minimum Gasteiger partial charge on any atom is -0.487 e. The summed E-state index contributed by atoms with van der Waals surface area (Å²) in [6.45, 7) is 8.09. The molecule has 0 amide bonds. The maximum absolute atomic E-state index is 6.09. The van der Waals surface area contributed by atoms with Gasteiger partial charge in [0.05, 0.1) is 15.1 Å². The smallest absolute Gasteiger partial charge is 0.140 e. The van der Waals surface area contributed by atoms with E-state index in [1.54, 1.807) is 12.1 Å². The van der Waals surface area contributed by atoms with E-state index in [1.807, 2.05) is 6.92 Å². The van der Waals surface area contributed by atoms with Crippen LogP contribution in [0.4, 0.5) is 0 Å². The zero-order chi connectivity index (χ0) is 14.1.